The molecule has 6 nitrogen and oxygen atoms in total. The van der Waals surface area contributed by atoms with Gasteiger partial charge in [0.25, 0.3) is 5.91 Å². The summed E-state index contributed by atoms with van der Waals surface area (Å²) in [6, 6.07) is 17.2. The van der Waals surface area contributed by atoms with Crippen LogP contribution in [0.5, 0.6) is 0 Å². The Hall–Kier alpha value is -2.86. The highest BCUT2D eigenvalue weighted by atomic mass is 16.2. The van der Waals surface area contributed by atoms with Crippen molar-refractivity contribution in [3.8, 4) is 0 Å². The molecule has 170 valence electrons. The second kappa shape index (κ2) is 10.6. The molecule has 2 N–H and O–H groups in total. The minimum absolute atomic E-state index is 0.0412. The van der Waals surface area contributed by atoms with E-state index in [2.05, 4.69) is 34.7 Å². The van der Waals surface area contributed by atoms with E-state index in [0.717, 1.165) is 37.5 Å². The Kier molecular flexibility index (Phi) is 7.43. The van der Waals surface area contributed by atoms with Gasteiger partial charge in [0.15, 0.2) is 0 Å². The fourth-order valence-electron chi connectivity index (χ4n) is 4.83. The van der Waals surface area contributed by atoms with E-state index in [9.17, 15) is 9.59 Å². The van der Waals surface area contributed by atoms with Crippen LogP contribution in [0.1, 0.15) is 35.2 Å². The molecule has 0 bridgehead atoms. The average molecular weight is 435 g/mol. The standard InChI is InChI=1S/C26H34N4O2/c1-29-16-12-21(13-17-29)23-14-18-30(19-23)26(32)28-24-9-7-22(8-10-24)25(31)27-15-11-20-5-3-2-4-6-20/h2-10,21,23H,11-19H2,1H3,(H,27,31)(H,28,32). The first-order valence-electron chi connectivity index (χ1n) is 11.7. The highest BCUT2D eigenvalue weighted by Gasteiger charge is 2.33. The molecule has 0 aromatic heterocycles. The molecule has 0 radical (unpaired) electrons. The van der Waals surface area contributed by atoms with Gasteiger partial charge in [-0.25, -0.2) is 4.79 Å². The number of rotatable bonds is 6. The largest absolute Gasteiger partial charge is 0.352 e. The summed E-state index contributed by atoms with van der Waals surface area (Å²) in [4.78, 5) is 29.4. The Balaban J connectivity index is 1.22. The summed E-state index contributed by atoms with van der Waals surface area (Å²) >= 11 is 0. The predicted molar refractivity (Wildman–Crippen MR) is 128 cm³/mol. The molecule has 2 aliphatic heterocycles. The van der Waals surface area contributed by atoms with Crippen molar-refractivity contribution in [2.45, 2.75) is 25.7 Å². The summed E-state index contributed by atoms with van der Waals surface area (Å²) in [5, 5.41) is 5.95. The van der Waals surface area contributed by atoms with Gasteiger partial charge in [0.05, 0.1) is 0 Å². The Labute approximate surface area is 191 Å². The summed E-state index contributed by atoms with van der Waals surface area (Å²) in [7, 11) is 2.18. The fourth-order valence-corrected chi connectivity index (χ4v) is 4.83. The van der Waals surface area contributed by atoms with Gasteiger partial charge in [-0.2, -0.15) is 0 Å². The van der Waals surface area contributed by atoms with Crippen molar-refractivity contribution in [2.75, 3.05) is 45.1 Å². The van der Waals surface area contributed by atoms with Gasteiger partial charge in [0.2, 0.25) is 0 Å². The van der Waals surface area contributed by atoms with Crippen LogP contribution >= 0.6 is 0 Å². The smallest absolute Gasteiger partial charge is 0.321 e. The van der Waals surface area contributed by atoms with Crippen LogP contribution in [0.4, 0.5) is 10.5 Å². The third-order valence-electron chi connectivity index (χ3n) is 6.88. The second-order valence-corrected chi connectivity index (χ2v) is 9.13. The Bertz CT molecular complexity index is 892. The summed E-state index contributed by atoms with van der Waals surface area (Å²) in [6.45, 7) is 4.60. The minimum Gasteiger partial charge on any atom is -0.352 e. The van der Waals surface area contributed by atoms with Crippen molar-refractivity contribution in [3.05, 3.63) is 65.7 Å². The lowest BCUT2D eigenvalue weighted by Crippen LogP contribution is -2.36. The fraction of sp³-hybridized carbons (Fsp3) is 0.462. The highest BCUT2D eigenvalue weighted by Crippen LogP contribution is 2.31. The summed E-state index contributed by atoms with van der Waals surface area (Å²) in [5.41, 5.74) is 2.52. The lowest BCUT2D eigenvalue weighted by atomic mass is 9.84. The Morgan fingerprint density at radius 2 is 1.59 bits per heavy atom. The number of amides is 3. The van der Waals surface area contributed by atoms with Gasteiger partial charge < -0.3 is 20.4 Å². The predicted octanol–water partition coefficient (Wildman–Crippen LogP) is 3.85. The number of likely N-dealkylation sites (tertiary alicyclic amines) is 2. The van der Waals surface area contributed by atoms with Gasteiger partial charge in [0.1, 0.15) is 0 Å². The number of carbonyl (C=O) groups excluding carboxylic acids is 2. The maximum atomic E-state index is 12.7. The highest BCUT2D eigenvalue weighted by molar-refractivity contribution is 5.95. The third kappa shape index (κ3) is 5.88. The quantitative estimate of drug-likeness (QED) is 0.726. The van der Waals surface area contributed by atoms with Crippen LogP contribution in [0.2, 0.25) is 0 Å². The van der Waals surface area contributed by atoms with Gasteiger partial charge in [-0.1, -0.05) is 30.3 Å². The van der Waals surface area contributed by atoms with Crippen LogP contribution < -0.4 is 10.6 Å². The topological polar surface area (TPSA) is 64.7 Å². The summed E-state index contributed by atoms with van der Waals surface area (Å²) < 4.78 is 0. The van der Waals surface area contributed by atoms with Crippen LogP contribution in [0.25, 0.3) is 0 Å². The molecule has 2 aromatic rings. The molecule has 32 heavy (non-hydrogen) atoms. The number of hydrogen-bond acceptors (Lipinski definition) is 3. The number of piperidine rings is 1. The number of nitrogens with one attached hydrogen (secondary N) is 2. The Morgan fingerprint density at radius 1 is 0.906 bits per heavy atom. The molecule has 3 amide bonds. The second-order valence-electron chi connectivity index (χ2n) is 9.13. The molecule has 6 heteroatoms. The van der Waals surface area contributed by atoms with Crippen LogP contribution in [0, 0.1) is 11.8 Å². The van der Waals surface area contributed by atoms with Crippen LogP contribution in [0.15, 0.2) is 54.6 Å². The Morgan fingerprint density at radius 3 is 2.31 bits per heavy atom. The van der Waals surface area contributed by atoms with Crippen molar-refractivity contribution in [1.82, 2.24) is 15.1 Å². The molecule has 2 fully saturated rings. The zero-order valence-electron chi connectivity index (χ0n) is 18.9. The first-order valence-corrected chi connectivity index (χ1v) is 11.7. The molecule has 2 aromatic carbocycles. The van der Waals surface area contributed by atoms with Crippen molar-refractivity contribution >= 4 is 17.6 Å². The molecule has 2 heterocycles. The molecule has 0 saturated carbocycles. The van der Waals surface area contributed by atoms with Gasteiger partial charge in [-0.3, -0.25) is 4.79 Å². The monoisotopic (exact) mass is 434 g/mol. The zero-order chi connectivity index (χ0) is 22.3. The normalized spacial score (nSPS) is 19.7. The number of hydrogen-bond donors (Lipinski definition) is 2. The van der Waals surface area contributed by atoms with Crippen LogP contribution in [-0.2, 0) is 6.42 Å². The molecular weight excluding hydrogens is 400 g/mol. The van der Waals surface area contributed by atoms with E-state index in [4.69, 9.17) is 0 Å². The number of urea groups is 1. The zero-order valence-corrected chi connectivity index (χ0v) is 18.9. The van der Waals surface area contributed by atoms with Gasteiger partial charge in [-0.15, -0.1) is 0 Å². The first kappa shape index (κ1) is 22.3. The van der Waals surface area contributed by atoms with Crippen molar-refractivity contribution in [3.63, 3.8) is 0 Å². The lowest BCUT2D eigenvalue weighted by molar-refractivity contribution is 0.0954. The first-order chi connectivity index (χ1) is 15.6. The van der Waals surface area contributed by atoms with Gasteiger partial charge >= 0.3 is 6.03 Å². The van der Waals surface area contributed by atoms with Gasteiger partial charge in [0, 0.05) is 30.9 Å². The van der Waals surface area contributed by atoms with Crippen LogP contribution in [-0.4, -0.2) is 61.5 Å². The molecule has 0 spiro atoms. The molecule has 2 saturated heterocycles. The van der Waals surface area contributed by atoms with Crippen molar-refractivity contribution in [1.29, 1.82) is 0 Å². The van der Waals surface area contributed by atoms with E-state index in [1.165, 1.54) is 31.5 Å². The molecule has 1 atom stereocenters. The van der Waals surface area contributed by atoms with E-state index < -0.39 is 0 Å². The van der Waals surface area contributed by atoms with Gasteiger partial charge in [-0.05, 0) is 87.5 Å². The maximum absolute atomic E-state index is 12.7. The molecular formula is C26H34N4O2. The summed E-state index contributed by atoms with van der Waals surface area (Å²) in [6.07, 6.45) is 4.38. The summed E-state index contributed by atoms with van der Waals surface area (Å²) in [5.74, 6) is 1.26. The van der Waals surface area contributed by atoms with E-state index in [-0.39, 0.29) is 11.9 Å². The van der Waals surface area contributed by atoms with E-state index in [0.29, 0.717) is 18.0 Å². The van der Waals surface area contributed by atoms with E-state index in [1.54, 1.807) is 24.3 Å². The van der Waals surface area contributed by atoms with Crippen molar-refractivity contribution < 1.29 is 9.59 Å². The number of benzene rings is 2. The maximum Gasteiger partial charge on any atom is 0.321 e. The van der Waals surface area contributed by atoms with E-state index in [1.807, 2.05) is 23.1 Å². The molecule has 2 aliphatic rings. The molecule has 0 aliphatic carbocycles. The SMILES string of the molecule is CN1CCC(C2CCN(C(=O)Nc3ccc(C(=O)NCCc4ccccc4)cc3)C2)CC1. The molecule has 1 unspecified atom stereocenters. The number of nitrogens with zero attached hydrogens (tertiary/aromatic N) is 2. The van der Waals surface area contributed by atoms with Crippen LogP contribution in [0.3, 0.4) is 0 Å². The van der Waals surface area contributed by atoms with Crippen molar-refractivity contribution in [2.24, 2.45) is 11.8 Å². The average Bonchev–Trinajstić information content (AvgIpc) is 3.31. The third-order valence-corrected chi connectivity index (χ3v) is 6.88. The van der Waals surface area contributed by atoms with E-state index >= 15 is 0 Å². The number of anilines is 1. The minimum atomic E-state index is -0.0979. The molecule has 4 rings (SSSR count). The lowest BCUT2D eigenvalue weighted by Gasteiger charge is -2.32. The number of carbonyl (C=O) groups is 2.